The second-order valence-electron chi connectivity index (χ2n) is 6.59. The van der Waals surface area contributed by atoms with E-state index in [2.05, 4.69) is 21.4 Å². The van der Waals surface area contributed by atoms with Gasteiger partial charge in [0.05, 0.1) is 11.1 Å². The monoisotopic (exact) mass is 359 g/mol. The summed E-state index contributed by atoms with van der Waals surface area (Å²) in [5.74, 6) is 1.24. The summed E-state index contributed by atoms with van der Waals surface area (Å²) >= 11 is 0. The number of fused-ring (bicyclic) bond motifs is 1. The molecule has 0 amide bonds. The highest BCUT2D eigenvalue weighted by molar-refractivity contribution is 5.91. The Kier molecular flexibility index (Phi) is 4.61. The third-order valence-electron chi connectivity index (χ3n) is 4.31. The van der Waals surface area contributed by atoms with E-state index >= 15 is 0 Å². The summed E-state index contributed by atoms with van der Waals surface area (Å²) in [6.07, 6.45) is -4.36. The molecule has 0 radical (unpaired) electrons. The number of nitrogens with zero attached hydrogens (tertiary/aromatic N) is 2. The molecule has 0 aliphatic rings. The first-order valence-electron chi connectivity index (χ1n) is 8.34. The highest BCUT2D eigenvalue weighted by atomic mass is 19.4. The number of halogens is 3. The van der Waals surface area contributed by atoms with Crippen molar-refractivity contribution in [3.63, 3.8) is 0 Å². The van der Waals surface area contributed by atoms with Gasteiger partial charge >= 0.3 is 6.18 Å². The van der Waals surface area contributed by atoms with Crippen molar-refractivity contribution in [2.24, 2.45) is 0 Å². The van der Waals surface area contributed by atoms with Crippen molar-refractivity contribution < 1.29 is 13.2 Å². The van der Waals surface area contributed by atoms with Crippen LogP contribution in [0.4, 0.5) is 19.0 Å². The molecular formula is C20H20F3N3. The number of hydrogen-bond donors (Lipinski definition) is 1. The molecule has 1 atom stereocenters. The van der Waals surface area contributed by atoms with Gasteiger partial charge in [0.25, 0.3) is 0 Å². The van der Waals surface area contributed by atoms with Gasteiger partial charge in [0.15, 0.2) is 0 Å². The van der Waals surface area contributed by atoms with E-state index in [4.69, 9.17) is 0 Å². The molecule has 26 heavy (non-hydrogen) atoms. The highest BCUT2D eigenvalue weighted by Crippen LogP contribution is 2.32. The number of rotatable bonds is 3. The van der Waals surface area contributed by atoms with Crippen LogP contribution in [-0.2, 0) is 6.18 Å². The summed E-state index contributed by atoms with van der Waals surface area (Å²) in [5.41, 5.74) is 2.87. The van der Waals surface area contributed by atoms with E-state index in [1.165, 1.54) is 12.1 Å². The Balaban J connectivity index is 2.01. The van der Waals surface area contributed by atoms with Gasteiger partial charge in [0, 0.05) is 11.4 Å². The van der Waals surface area contributed by atoms with E-state index in [1.54, 1.807) is 13.0 Å². The minimum atomic E-state index is -4.36. The molecule has 1 heterocycles. The smallest absolute Gasteiger partial charge is 0.363 e. The predicted molar refractivity (Wildman–Crippen MR) is 97.2 cm³/mol. The molecule has 3 aromatic rings. The number of benzene rings is 2. The fourth-order valence-corrected chi connectivity index (χ4v) is 3.08. The topological polar surface area (TPSA) is 37.8 Å². The molecule has 0 saturated carbocycles. The van der Waals surface area contributed by atoms with Crippen molar-refractivity contribution >= 4 is 16.7 Å². The quantitative estimate of drug-likeness (QED) is 0.647. The largest absolute Gasteiger partial charge is 0.416 e. The van der Waals surface area contributed by atoms with Crippen LogP contribution in [0.15, 0.2) is 36.4 Å². The minimum Gasteiger partial charge on any atom is -0.363 e. The molecule has 0 aliphatic carbocycles. The molecule has 1 N–H and O–H groups in total. The van der Waals surface area contributed by atoms with Crippen LogP contribution in [0.2, 0.25) is 0 Å². The van der Waals surface area contributed by atoms with Gasteiger partial charge in [-0.1, -0.05) is 18.2 Å². The van der Waals surface area contributed by atoms with E-state index < -0.39 is 11.7 Å². The van der Waals surface area contributed by atoms with Crippen molar-refractivity contribution in [1.82, 2.24) is 9.97 Å². The molecule has 136 valence electrons. The van der Waals surface area contributed by atoms with Crippen LogP contribution in [0.25, 0.3) is 10.9 Å². The Bertz CT molecular complexity index is 964. The third-order valence-corrected chi connectivity index (χ3v) is 4.31. The summed E-state index contributed by atoms with van der Waals surface area (Å²) in [6.45, 7) is 7.61. The summed E-state index contributed by atoms with van der Waals surface area (Å²) in [5, 5.41) is 4.12. The highest BCUT2D eigenvalue weighted by Gasteiger charge is 2.30. The standard InChI is InChI=1S/C20H20F3N3/c1-11-8-12(2)18-17(9-11)19(26-14(4)25-18)24-13(3)15-6-5-7-16(10-15)20(21,22)23/h5-10,13H,1-4H3,(H,24,25,26)/t13-/m1/s1. The lowest BCUT2D eigenvalue weighted by molar-refractivity contribution is -0.137. The molecule has 0 bridgehead atoms. The lowest BCUT2D eigenvalue weighted by atomic mass is 10.0. The second-order valence-corrected chi connectivity index (χ2v) is 6.59. The molecule has 0 aliphatic heterocycles. The van der Waals surface area contributed by atoms with Gasteiger partial charge in [0.1, 0.15) is 11.6 Å². The molecule has 0 spiro atoms. The zero-order chi connectivity index (χ0) is 19.1. The average molecular weight is 359 g/mol. The van der Waals surface area contributed by atoms with Gasteiger partial charge in [-0.15, -0.1) is 0 Å². The normalized spacial score (nSPS) is 13.0. The minimum absolute atomic E-state index is 0.337. The van der Waals surface area contributed by atoms with Crippen LogP contribution in [-0.4, -0.2) is 9.97 Å². The molecule has 6 heteroatoms. The van der Waals surface area contributed by atoms with Crippen molar-refractivity contribution in [3.8, 4) is 0 Å². The van der Waals surface area contributed by atoms with Crippen LogP contribution in [0.3, 0.4) is 0 Å². The van der Waals surface area contributed by atoms with Crippen molar-refractivity contribution in [2.45, 2.75) is 39.9 Å². The van der Waals surface area contributed by atoms with Crippen LogP contribution in [0.1, 0.15) is 41.0 Å². The maximum Gasteiger partial charge on any atom is 0.416 e. The Morgan fingerprint density at radius 3 is 2.42 bits per heavy atom. The Labute approximate surface area is 150 Å². The first-order chi connectivity index (χ1) is 12.1. The fraction of sp³-hybridized carbons (Fsp3) is 0.300. The van der Waals surface area contributed by atoms with Crippen LogP contribution >= 0.6 is 0 Å². The summed E-state index contributed by atoms with van der Waals surface area (Å²) in [4.78, 5) is 8.98. The Hall–Kier alpha value is -2.63. The van der Waals surface area contributed by atoms with Crippen molar-refractivity contribution in [1.29, 1.82) is 0 Å². The summed E-state index contributed by atoms with van der Waals surface area (Å²) in [7, 11) is 0. The molecular weight excluding hydrogens is 339 g/mol. The van der Waals surface area contributed by atoms with Crippen LogP contribution in [0, 0.1) is 20.8 Å². The Morgan fingerprint density at radius 2 is 1.73 bits per heavy atom. The number of aryl methyl sites for hydroxylation is 3. The first kappa shape index (κ1) is 18.2. The van der Waals surface area contributed by atoms with E-state index in [0.29, 0.717) is 17.2 Å². The number of alkyl halides is 3. The van der Waals surface area contributed by atoms with E-state index in [9.17, 15) is 13.2 Å². The maximum atomic E-state index is 13.0. The van der Waals surface area contributed by atoms with Gasteiger partial charge in [-0.2, -0.15) is 13.2 Å². The van der Waals surface area contributed by atoms with Gasteiger partial charge in [-0.05, 0) is 62.6 Å². The van der Waals surface area contributed by atoms with Crippen LogP contribution < -0.4 is 5.32 Å². The lowest BCUT2D eigenvalue weighted by Crippen LogP contribution is -2.12. The first-order valence-corrected chi connectivity index (χ1v) is 8.34. The lowest BCUT2D eigenvalue weighted by Gasteiger charge is -2.19. The molecule has 0 unspecified atom stereocenters. The van der Waals surface area contributed by atoms with Crippen molar-refractivity contribution in [2.75, 3.05) is 5.32 Å². The number of hydrogen-bond acceptors (Lipinski definition) is 3. The number of nitrogens with one attached hydrogen (secondary N) is 1. The third kappa shape index (κ3) is 3.64. The van der Waals surface area contributed by atoms with E-state index in [0.717, 1.165) is 28.1 Å². The second kappa shape index (κ2) is 6.59. The summed E-state index contributed by atoms with van der Waals surface area (Å²) < 4.78 is 38.9. The molecule has 3 rings (SSSR count). The molecule has 0 saturated heterocycles. The average Bonchev–Trinajstić information content (AvgIpc) is 2.55. The Morgan fingerprint density at radius 1 is 1.00 bits per heavy atom. The zero-order valence-corrected chi connectivity index (χ0v) is 15.1. The van der Waals surface area contributed by atoms with Gasteiger partial charge < -0.3 is 5.32 Å². The maximum absolute atomic E-state index is 13.0. The predicted octanol–water partition coefficient (Wildman–Crippen LogP) is 5.75. The van der Waals surface area contributed by atoms with E-state index in [-0.39, 0.29) is 6.04 Å². The van der Waals surface area contributed by atoms with Gasteiger partial charge in [0.2, 0.25) is 0 Å². The fourth-order valence-electron chi connectivity index (χ4n) is 3.08. The van der Waals surface area contributed by atoms with Gasteiger partial charge in [-0.3, -0.25) is 0 Å². The van der Waals surface area contributed by atoms with Crippen LogP contribution in [0.5, 0.6) is 0 Å². The zero-order valence-electron chi connectivity index (χ0n) is 15.1. The van der Waals surface area contributed by atoms with Crippen molar-refractivity contribution in [3.05, 3.63) is 64.5 Å². The molecule has 2 aromatic carbocycles. The SMILES string of the molecule is Cc1cc(C)c2nc(C)nc(N[C@H](C)c3cccc(C(F)(F)F)c3)c2c1. The summed E-state index contributed by atoms with van der Waals surface area (Å²) in [6, 6.07) is 9.05. The molecule has 3 nitrogen and oxygen atoms in total. The van der Waals surface area contributed by atoms with E-state index in [1.807, 2.05) is 26.8 Å². The van der Waals surface area contributed by atoms with Gasteiger partial charge in [-0.25, -0.2) is 9.97 Å². The number of anilines is 1. The number of aromatic nitrogens is 2. The molecule has 1 aromatic heterocycles. The molecule has 0 fully saturated rings.